The summed E-state index contributed by atoms with van der Waals surface area (Å²) in [5, 5.41) is 0. The lowest BCUT2D eigenvalue weighted by Gasteiger charge is -2.34. The average molecular weight is 267 g/mol. The van der Waals surface area contributed by atoms with E-state index in [4.69, 9.17) is 9.47 Å². The fourth-order valence-electron chi connectivity index (χ4n) is 2.03. The summed E-state index contributed by atoms with van der Waals surface area (Å²) in [6.45, 7) is 6.70. The van der Waals surface area contributed by atoms with Crippen LogP contribution in [-0.2, 0) is 11.3 Å². The van der Waals surface area contributed by atoms with Crippen molar-refractivity contribution < 1.29 is 9.47 Å². The minimum absolute atomic E-state index is 0.265. The molecular formula is C12H19N4O3+. The Morgan fingerprint density at radius 3 is 2.74 bits per heavy atom. The summed E-state index contributed by atoms with van der Waals surface area (Å²) in [6, 6.07) is 0.265. The third-order valence-corrected chi connectivity index (χ3v) is 3.29. The van der Waals surface area contributed by atoms with Gasteiger partial charge in [0.1, 0.15) is 13.1 Å². The highest BCUT2D eigenvalue weighted by Gasteiger charge is 2.33. The number of allylic oxidation sites excluding steroid dienone is 1. The Morgan fingerprint density at radius 1 is 1.47 bits per heavy atom. The molecule has 1 aromatic rings. The van der Waals surface area contributed by atoms with Crippen molar-refractivity contribution in [2.24, 2.45) is 0 Å². The van der Waals surface area contributed by atoms with Gasteiger partial charge in [-0.1, -0.05) is 6.08 Å². The Morgan fingerprint density at radius 2 is 2.16 bits per heavy atom. The van der Waals surface area contributed by atoms with E-state index in [0.717, 1.165) is 13.1 Å². The standard InChI is InChI=1S/C12H19N4O3/c1-4-5-15-11(17)13-10(14-12(15)18-3)16(2)6-8-19-9-7-16/h4H,1,5-9H2,2-3H3/q+1. The fraction of sp³-hybridized carbons (Fsp3) is 0.583. The Bertz CT molecular complexity index is 520. The van der Waals surface area contributed by atoms with E-state index in [1.807, 2.05) is 7.05 Å². The number of hydrogen-bond acceptors (Lipinski definition) is 5. The molecule has 0 saturated carbocycles. The van der Waals surface area contributed by atoms with Crippen LogP contribution >= 0.6 is 0 Å². The first-order valence-electron chi connectivity index (χ1n) is 6.17. The van der Waals surface area contributed by atoms with Crippen LogP contribution in [0.1, 0.15) is 0 Å². The summed E-state index contributed by atoms with van der Waals surface area (Å²) in [4.78, 5) is 20.5. The summed E-state index contributed by atoms with van der Waals surface area (Å²) >= 11 is 0. The molecule has 1 aromatic heterocycles. The van der Waals surface area contributed by atoms with Crippen LogP contribution in [0.25, 0.3) is 0 Å². The van der Waals surface area contributed by atoms with Crippen LogP contribution in [0.5, 0.6) is 6.01 Å². The van der Waals surface area contributed by atoms with Crippen molar-refractivity contribution in [2.75, 3.05) is 40.5 Å². The van der Waals surface area contributed by atoms with Crippen LogP contribution in [0.2, 0.25) is 0 Å². The molecule has 104 valence electrons. The lowest BCUT2D eigenvalue weighted by atomic mass is 10.4. The van der Waals surface area contributed by atoms with Gasteiger partial charge in [0.15, 0.2) is 0 Å². The number of methoxy groups -OCH3 is 1. The lowest BCUT2D eigenvalue weighted by Crippen LogP contribution is -2.54. The predicted molar refractivity (Wildman–Crippen MR) is 71.3 cm³/mol. The second kappa shape index (κ2) is 5.50. The van der Waals surface area contributed by atoms with Gasteiger partial charge < -0.3 is 9.47 Å². The third kappa shape index (κ3) is 2.66. The van der Waals surface area contributed by atoms with Gasteiger partial charge in [-0.05, 0) is 0 Å². The van der Waals surface area contributed by atoms with Crippen molar-refractivity contribution in [3.63, 3.8) is 0 Å². The maximum Gasteiger partial charge on any atom is 0.358 e. The second-order valence-electron chi connectivity index (χ2n) is 4.65. The van der Waals surface area contributed by atoms with Crippen molar-refractivity contribution in [3.8, 4) is 6.01 Å². The minimum atomic E-state index is -0.368. The number of ether oxygens (including phenoxy) is 2. The Balaban J connectivity index is 2.45. The quantitative estimate of drug-likeness (QED) is 0.558. The first kappa shape index (κ1) is 13.7. The van der Waals surface area contributed by atoms with Gasteiger partial charge in [-0.2, -0.15) is 0 Å². The smallest absolute Gasteiger partial charge is 0.358 e. The van der Waals surface area contributed by atoms with Crippen molar-refractivity contribution in [2.45, 2.75) is 6.54 Å². The number of morpholine rings is 1. The maximum atomic E-state index is 12.0. The molecule has 0 spiro atoms. The largest absolute Gasteiger partial charge is 0.468 e. The van der Waals surface area contributed by atoms with Gasteiger partial charge in [-0.15, -0.1) is 16.5 Å². The second-order valence-corrected chi connectivity index (χ2v) is 4.65. The van der Waals surface area contributed by atoms with Gasteiger partial charge in [0.25, 0.3) is 0 Å². The van der Waals surface area contributed by atoms with E-state index >= 15 is 0 Å². The van der Waals surface area contributed by atoms with Crippen LogP contribution < -0.4 is 14.9 Å². The van der Waals surface area contributed by atoms with E-state index in [-0.39, 0.29) is 11.7 Å². The average Bonchev–Trinajstić information content (AvgIpc) is 2.41. The van der Waals surface area contributed by atoms with E-state index in [9.17, 15) is 4.79 Å². The number of aromatic nitrogens is 3. The molecule has 0 unspecified atom stereocenters. The summed E-state index contributed by atoms with van der Waals surface area (Å²) < 4.78 is 12.4. The highest BCUT2D eigenvalue weighted by Crippen LogP contribution is 2.18. The van der Waals surface area contributed by atoms with Gasteiger partial charge in [0, 0.05) is 0 Å². The van der Waals surface area contributed by atoms with Crippen molar-refractivity contribution in [1.29, 1.82) is 0 Å². The topological polar surface area (TPSA) is 66.2 Å². The molecule has 19 heavy (non-hydrogen) atoms. The maximum absolute atomic E-state index is 12.0. The molecule has 1 aliphatic rings. The van der Waals surface area contributed by atoms with E-state index in [2.05, 4.69) is 16.5 Å². The molecule has 0 amide bonds. The molecule has 7 heteroatoms. The molecule has 1 aliphatic heterocycles. The molecule has 0 N–H and O–H groups in total. The Hall–Kier alpha value is -1.73. The molecule has 0 aliphatic carbocycles. The van der Waals surface area contributed by atoms with E-state index in [1.54, 1.807) is 6.08 Å². The molecule has 0 aromatic carbocycles. The first-order valence-corrected chi connectivity index (χ1v) is 6.17. The van der Waals surface area contributed by atoms with Crippen molar-refractivity contribution >= 4 is 5.95 Å². The summed E-state index contributed by atoms with van der Waals surface area (Å²) in [7, 11) is 3.49. The van der Waals surface area contributed by atoms with Crippen LogP contribution in [0, 0.1) is 0 Å². The highest BCUT2D eigenvalue weighted by atomic mass is 16.5. The number of likely N-dealkylation sites (N-methyl/N-ethyl adjacent to an activating group) is 1. The van der Waals surface area contributed by atoms with E-state index in [1.165, 1.54) is 11.7 Å². The molecular weight excluding hydrogens is 248 g/mol. The van der Waals surface area contributed by atoms with Crippen molar-refractivity contribution in [1.82, 2.24) is 19.0 Å². The molecule has 0 bridgehead atoms. The Kier molecular flexibility index (Phi) is 3.96. The summed E-state index contributed by atoms with van der Waals surface area (Å²) in [5.74, 6) is 0.477. The number of quaternary nitrogens is 1. The van der Waals surface area contributed by atoms with Gasteiger partial charge in [-0.3, -0.25) is 4.48 Å². The molecule has 0 atom stereocenters. The fourth-order valence-corrected chi connectivity index (χ4v) is 2.03. The summed E-state index contributed by atoms with van der Waals surface area (Å²) in [5.41, 5.74) is -0.368. The van der Waals surface area contributed by atoms with Gasteiger partial charge in [0.05, 0.1) is 33.9 Å². The monoisotopic (exact) mass is 267 g/mol. The number of rotatable bonds is 4. The number of nitrogens with zero attached hydrogens (tertiary/aromatic N) is 4. The molecule has 1 saturated heterocycles. The van der Waals surface area contributed by atoms with Crippen molar-refractivity contribution in [3.05, 3.63) is 23.1 Å². The zero-order valence-electron chi connectivity index (χ0n) is 11.3. The van der Waals surface area contributed by atoms with Gasteiger partial charge in [-0.25, -0.2) is 9.36 Å². The molecule has 7 nitrogen and oxygen atoms in total. The third-order valence-electron chi connectivity index (χ3n) is 3.29. The Labute approximate surface area is 111 Å². The number of hydrogen-bond donors (Lipinski definition) is 0. The molecule has 1 fully saturated rings. The van der Waals surface area contributed by atoms with Crippen LogP contribution in [-0.4, -0.2) is 55.0 Å². The SMILES string of the molecule is C=CCn1c(OC)nc([N+]2(C)CCOCC2)nc1=O. The van der Waals surface area contributed by atoms with E-state index in [0.29, 0.717) is 30.2 Å². The van der Waals surface area contributed by atoms with E-state index < -0.39 is 0 Å². The van der Waals surface area contributed by atoms with Crippen LogP contribution in [0.15, 0.2) is 17.4 Å². The van der Waals surface area contributed by atoms with Crippen LogP contribution in [0.3, 0.4) is 0 Å². The first-order chi connectivity index (χ1) is 9.10. The zero-order chi connectivity index (χ0) is 13.9. The lowest BCUT2D eigenvalue weighted by molar-refractivity contribution is 0.0490. The molecule has 2 heterocycles. The summed E-state index contributed by atoms with van der Waals surface area (Å²) in [6.07, 6.45) is 1.61. The molecule has 0 radical (unpaired) electrons. The predicted octanol–water partition coefficient (Wildman–Crippen LogP) is -0.200. The van der Waals surface area contributed by atoms with Gasteiger partial charge >= 0.3 is 17.6 Å². The molecule has 2 rings (SSSR count). The normalized spacial score (nSPS) is 18.0. The minimum Gasteiger partial charge on any atom is -0.468 e. The zero-order valence-corrected chi connectivity index (χ0v) is 11.3. The van der Waals surface area contributed by atoms with Gasteiger partial charge in [0.2, 0.25) is 0 Å². The highest BCUT2D eigenvalue weighted by molar-refractivity contribution is 5.25. The van der Waals surface area contributed by atoms with Crippen LogP contribution in [0.4, 0.5) is 5.95 Å².